The normalized spacial score (nSPS) is 23.7. The van der Waals surface area contributed by atoms with Crippen molar-refractivity contribution in [1.29, 1.82) is 0 Å². The van der Waals surface area contributed by atoms with Gasteiger partial charge < -0.3 is 4.90 Å². The van der Waals surface area contributed by atoms with Crippen molar-refractivity contribution >= 4 is 34.8 Å². The predicted octanol–water partition coefficient (Wildman–Crippen LogP) is 5.23. The van der Waals surface area contributed by atoms with Crippen molar-refractivity contribution in [3.8, 4) is 0 Å². The van der Waals surface area contributed by atoms with Crippen LogP contribution in [0.3, 0.4) is 0 Å². The molecule has 2 aromatic rings. The lowest BCUT2D eigenvalue weighted by Gasteiger charge is -2.38. The minimum Gasteiger partial charge on any atom is -0.339 e. The summed E-state index contributed by atoms with van der Waals surface area (Å²) in [5.41, 5.74) is 6.72. The molecule has 4 heteroatoms. The number of hydrogen-bond acceptors (Lipinski definition) is 4. The third-order valence-corrected chi connectivity index (χ3v) is 7.04. The highest BCUT2D eigenvalue weighted by molar-refractivity contribution is 8.14. The zero-order valence-corrected chi connectivity index (χ0v) is 16.1. The molecular formula is C22H20N2S2. The van der Waals surface area contributed by atoms with Gasteiger partial charge in [0.25, 0.3) is 0 Å². The maximum absolute atomic E-state index is 5.12. The Morgan fingerprint density at radius 3 is 2.54 bits per heavy atom. The van der Waals surface area contributed by atoms with Gasteiger partial charge in [0.05, 0.1) is 11.7 Å². The molecule has 3 aliphatic heterocycles. The zero-order valence-electron chi connectivity index (χ0n) is 14.5. The van der Waals surface area contributed by atoms with Crippen molar-refractivity contribution in [2.45, 2.75) is 6.04 Å². The third kappa shape index (κ3) is 2.91. The maximum Gasteiger partial charge on any atom is 0.165 e. The van der Waals surface area contributed by atoms with Crippen LogP contribution in [0.25, 0.3) is 6.08 Å². The minimum absolute atomic E-state index is 0.334. The summed E-state index contributed by atoms with van der Waals surface area (Å²) >= 11 is 3.91. The van der Waals surface area contributed by atoms with E-state index >= 15 is 0 Å². The van der Waals surface area contributed by atoms with Gasteiger partial charge in [-0.2, -0.15) is 11.8 Å². The lowest BCUT2D eigenvalue weighted by Crippen LogP contribution is -2.36. The van der Waals surface area contributed by atoms with Gasteiger partial charge in [0.1, 0.15) is 0 Å². The SMILES string of the molecule is C(=C1CSCC2=C1N=C1SCCN1C2c1ccccc1)c1ccccc1. The molecule has 1 atom stereocenters. The summed E-state index contributed by atoms with van der Waals surface area (Å²) in [5.74, 6) is 3.24. The second-order valence-corrected chi connectivity index (χ2v) is 8.74. The smallest absolute Gasteiger partial charge is 0.165 e. The molecule has 2 aromatic carbocycles. The van der Waals surface area contributed by atoms with E-state index in [-0.39, 0.29) is 0 Å². The molecule has 0 saturated carbocycles. The molecule has 5 rings (SSSR count). The maximum atomic E-state index is 5.12. The zero-order chi connectivity index (χ0) is 17.3. The number of amidine groups is 1. The largest absolute Gasteiger partial charge is 0.339 e. The van der Waals surface area contributed by atoms with Crippen LogP contribution < -0.4 is 0 Å². The monoisotopic (exact) mass is 376 g/mol. The lowest BCUT2D eigenvalue weighted by atomic mass is 9.92. The number of allylic oxidation sites excluding steroid dienone is 1. The molecule has 26 heavy (non-hydrogen) atoms. The molecule has 3 heterocycles. The summed E-state index contributed by atoms with van der Waals surface area (Å²) in [6.45, 7) is 1.09. The first-order valence-electron chi connectivity index (χ1n) is 9.00. The van der Waals surface area contributed by atoms with Gasteiger partial charge in [0.2, 0.25) is 0 Å². The number of nitrogens with zero attached hydrogens (tertiary/aromatic N) is 2. The summed E-state index contributed by atoms with van der Waals surface area (Å²) in [4.78, 5) is 7.63. The summed E-state index contributed by atoms with van der Waals surface area (Å²) in [6, 6.07) is 21.9. The Balaban J connectivity index is 1.64. The molecular weight excluding hydrogens is 356 g/mol. The van der Waals surface area contributed by atoms with E-state index in [2.05, 4.69) is 71.6 Å². The molecule has 1 saturated heterocycles. The molecule has 0 N–H and O–H groups in total. The average molecular weight is 377 g/mol. The van der Waals surface area contributed by atoms with E-state index < -0.39 is 0 Å². The van der Waals surface area contributed by atoms with Crippen molar-refractivity contribution in [2.75, 3.05) is 23.8 Å². The second kappa shape index (κ2) is 7.01. The van der Waals surface area contributed by atoms with Gasteiger partial charge in [-0.25, -0.2) is 4.99 Å². The fourth-order valence-electron chi connectivity index (χ4n) is 3.88. The first kappa shape index (κ1) is 16.3. The fourth-order valence-corrected chi connectivity index (χ4v) is 5.92. The summed E-state index contributed by atoms with van der Waals surface area (Å²) < 4.78 is 0. The van der Waals surface area contributed by atoms with Crippen molar-refractivity contribution in [1.82, 2.24) is 4.90 Å². The first-order chi connectivity index (χ1) is 12.9. The number of fused-ring (bicyclic) bond motifs is 1. The van der Waals surface area contributed by atoms with Crippen LogP contribution in [0.2, 0.25) is 0 Å². The predicted molar refractivity (Wildman–Crippen MR) is 115 cm³/mol. The number of thioether (sulfide) groups is 2. The molecule has 0 spiro atoms. The Morgan fingerprint density at radius 2 is 1.73 bits per heavy atom. The van der Waals surface area contributed by atoms with Gasteiger partial charge in [-0.15, -0.1) is 0 Å². The Hall–Kier alpha value is -1.91. The molecule has 0 bridgehead atoms. The Bertz CT molecular complexity index is 900. The highest BCUT2D eigenvalue weighted by atomic mass is 32.2. The molecule has 130 valence electrons. The van der Waals surface area contributed by atoms with Gasteiger partial charge in [-0.1, -0.05) is 72.4 Å². The highest BCUT2D eigenvalue weighted by Crippen LogP contribution is 2.45. The molecule has 0 aliphatic carbocycles. The van der Waals surface area contributed by atoms with E-state index in [1.54, 1.807) is 0 Å². The van der Waals surface area contributed by atoms with Crippen LogP contribution >= 0.6 is 23.5 Å². The van der Waals surface area contributed by atoms with Crippen LogP contribution in [-0.4, -0.2) is 33.9 Å². The van der Waals surface area contributed by atoms with Crippen LogP contribution in [0.5, 0.6) is 0 Å². The average Bonchev–Trinajstić information content (AvgIpc) is 3.16. The Morgan fingerprint density at radius 1 is 0.962 bits per heavy atom. The molecule has 1 fully saturated rings. The van der Waals surface area contributed by atoms with E-state index in [0.717, 1.165) is 23.8 Å². The van der Waals surface area contributed by atoms with E-state index in [0.29, 0.717) is 6.04 Å². The van der Waals surface area contributed by atoms with E-state index in [1.807, 2.05) is 23.5 Å². The van der Waals surface area contributed by atoms with Gasteiger partial charge in [0.15, 0.2) is 5.17 Å². The van der Waals surface area contributed by atoms with E-state index in [4.69, 9.17) is 4.99 Å². The number of rotatable bonds is 2. The summed E-state index contributed by atoms with van der Waals surface area (Å²) in [5, 5.41) is 1.20. The summed E-state index contributed by atoms with van der Waals surface area (Å²) in [6.07, 6.45) is 2.32. The van der Waals surface area contributed by atoms with Crippen LogP contribution in [0.4, 0.5) is 0 Å². The third-order valence-electron chi connectivity index (χ3n) is 5.04. The van der Waals surface area contributed by atoms with Crippen LogP contribution in [-0.2, 0) is 0 Å². The quantitative estimate of drug-likeness (QED) is 0.714. The number of aliphatic imine (C=N–C) groups is 1. The molecule has 3 aliphatic rings. The Labute approximate surface area is 163 Å². The van der Waals surface area contributed by atoms with Crippen molar-refractivity contribution in [3.63, 3.8) is 0 Å². The van der Waals surface area contributed by atoms with E-state index in [9.17, 15) is 0 Å². The topological polar surface area (TPSA) is 15.6 Å². The summed E-state index contributed by atoms with van der Waals surface area (Å²) in [7, 11) is 0. The molecule has 1 unspecified atom stereocenters. The van der Waals surface area contributed by atoms with Gasteiger partial charge in [-0.05, 0) is 28.3 Å². The second-order valence-electron chi connectivity index (χ2n) is 6.70. The molecule has 2 nitrogen and oxygen atoms in total. The van der Waals surface area contributed by atoms with E-state index in [1.165, 1.54) is 33.1 Å². The molecule has 0 radical (unpaired) electrons. The van der Waals surface area contributed by atoms with Crippen molar-refractivity contribution in [2.24, 2.45) is 4.99 Å². The minimum atomic E-state index is 0.334. The fraction of sp³-hybridized carbons (Fsp3) is 0.227. The van der Waals surface area contributed by atoms with Crippen molar-refractivity contribution in [3.05, 3.63) is 88.6 Å². The van der Waals surface area contributed by atoms with Gasteiger partial charge in [-0.3, -0.25) is 0 Å². The molecule has 0 aromatic heterocycles. The van der Waals surface area contributed by atoms with Gasteiger partial charge in [0, 0.05) is 23.8 Å². The lowest BCUT2D eigenvalue weighted by molar-refractivity contribution is 0.378. The Kier molecular flexibility index (Phi) is 4.39. The van der Waals surface area contributed by atoms with Crippen molar-refractivity contribution < 1.29 is 0 Å². The number of benzene rings is 2. The van der Waals surface area contributed by atoms with Crippen LogP contribution in [0.1, 0.15) is 17.2 Å². The highest BCUT2D eigenvalue weighted by Gasteiger charge is 2.38. The van der Waals surface area contributed by atoms with Crippen LogP contribution in [0.15, 0.2) is 82.5 Å². The van der Waals surface area contributed by atoms with Crippen LogP contribution in [0, 0.1) is 0 Å². The van der Waals surface area contributed by atoms with Gasteiger partial charge >= 0.3 is 0 Å². The number of hydrogen-bond donors (Lipinski definition) is 0. The first-order valence-corrected chi connectivity index (χ1v) is 11.1. The standard InChI is InChI=1S/C22H20N2S2/c1-3-7-16(8-4-1)13-18-14-25-15-19-20(18)23-22-24(11-12-26-22)21(19)17-9-5-2-6-10-17/h1-10,13,21H,11-12,14-15H2. The molecule has 0 amide bonds.